The van der Waals surface area contributed by atoms with E-state index in [1.54, 1.807) is 12.1 Å². The number of carbonyl (C=O) groups is 6. The lowest BCUT2D eigenvalue weighted by Gasteiger charge is -2.11. The van der Waals surface area contributed by atoms with E-state index in [-0.39, 0.29) is 61.4 Å². The van der Waals surface area contributed by atoms with Crippen LogP contribution in [-0.4, -0.2) is 78.8 Å². The number of fused-ring (bicyclic) bond motifs is 1. The van der Waals surface area contributed by atoms with E-state index in [0.29, 0.717) is 33.5 Å². The SMILES string of the molecule is C=CC(=O)OCOc1ccc(C(=O)OCCc2ccc(OC(=O)c3ccc(OCOC(=O)C=C)cc3)c(/C=[N+](\Nc3nc4ccccc4s3)OC(=O)c3ccc(OCOC(=O)C=C)cc3)c2)cc1. The highest BCUT2D eigenvalue weighted by molar-refractivity contribution is 7.22. The summed E-state index contributed by atoms with van der Waals surface area (Å²) in [5.41, 5.74) is 5.03. The van der Waals surface area contributed by atoms with Crippen molar-refractivity contribution in [2.75, 3.05) is 32.4 Å². The quantitative estimate of drug-likeness (QED) is 0.00765. The molecule has 0 radical (unpaired) electrons. The predicted molar refractivity (Wildman–Crippen MR) is 244 cm³/mol. The highest BCUT2D eigenvalue weighted by atomic mass is 32.1. The van der Waals surface area contributed by atoms with Gasteiger partial charge in [0.25, 0.3) is 6.21 Å². The molecule has 6 rings (SSSR count). The molecule has 6 aromatic rings. The van der Waals surface area contributed by atoms with Crippen molar-refractivity contribution in [1.29, 1.82) is 0 Å². The van der Waals surface area contributed by atoms with Crippen LogP contribution in [0.3, 0.4) is 0 Å². The molecule has 0 aliphatic carbocycles. The van der Waals surface area contributed by atoms with Gasteiger partial charge < -0.3 is 37.9 Å². The standard InChI is InChI=1S/C49H40N3O15S/c1-4-43(53)63-29-60-37-18-12-33(13-19-37)46(56)59-26-25-32-11-24-41(66-47(57)34-14-20-38(21-15-34)61-30-64-44(54)5-2)36(27-32)28-52(51-49-50-40-9-7-8-10-42(40)68-49)67-48(58)35-16-22-39(23-17-35)62-31-65-45(55)6-3/h4-24,27-28H,1-3,25-26,29-31H2,(H,50,51)/q+1/b52-28+. The van der Waals surface area contributed by atoms with Gasteiger partial charge in [-0.05, 0) is 103 Å². The van der Waals surface area contributed by atoms with Gasteiger partial charge in [0, 0.05) is 24.6 Å². The fraction of sp³-hybridized carbons (Fsp3) is 0.102. The third-order valence-corrected chi connectivity index (χ3v) is 9.83. The molecule has 5 aromatic carbocycles. The van der Waals surface area contributed by atoms with Crippen molar-refractivity contribution in [2.45, 2.75) is 6.42 Å². The van der Waals surface area contributed by atoms with Crippen molar-refractivity contribution in [3.63, 3.8) is 0 Å². The zero-order valence-corrected chi connectivity index (χ0v) is 36.7. The van der Waals surface area contributed by atoms with E-state index in [9.17, 15) is 28.8 Å². The third kappa shape index (κ3) is 14.5. The Labute approximate surface area is 391 Å². The van der Waals surface area contributed by atoms with Gasteiger partial charge in [-0.15, -0.1) is 0 Å². The Bertz CT molecular complexity index is 2810. The smallest absolute Gasteiger partial charge is 0.414 e. The van der Waals surface area contributed by atoms with Crippen LogP contribution in [0, 0.1) is 0 Å². The molecular formula is C49H40N3O15S+. The molecule has 0 fully saturated rings. The van der Waals surface area contributed by atoms with Gasteiger partial charge >= 0.3 is 35.8 Å². The van der Waals surface area contributed by atoms with Crippen LogP contribution in [0.5, 0.6) is 23.0 Å². The summed E-state index contributed by atoms with van der Waals surface area (Å²) >= 11 is 1.28. The van der Waals surface area contributed by atoms with E-state index < -0.39 is 35.8 Å². The van der Waals surface area contributed by atoms with Gasteiger partial charge in [-0.25, -0.2) is 33.8 Å². The third-order valence-electron chi connectivity index (χ3n) is 8.89. The topological polar surface area (TPSA) is 213 Å². The van der Waals surface area contributed by atoms with Crippen molar-refractivity contribution < 1.29 is 76.3 Å². The van der Waals surface area contributed by atoms with Crippen molar-refractivity contribution in [1.82, 2.24) is 4.98 Å². The summed E-state index contributed by atoms with van der Waals surface area (Å²) in [6, 6.07) is 30.0. The predicted octanol–water partition coefficient (Wildman–Crippen LogP) is 7.34. The molecule has 0 unspecified atom stereocenters. The second-order valence-corrected chi connectivity index (χ2v) is 14.5. The number of hydrazone groups is 1. The van der Waals surface area contributed by atoms with Crippen molar-refractivity contribution >= 4 is 68.7 Å². The number of carbonyl (C=O) groups excluding carboxylic acids is 6. The van der Waals surface area contributed by atoms with Gasteiger partial charge in [0.1, 0.15) is 27.8 Å². The number of hydrogen-bond donors (Lipinski definition) is 1. The number of hydrogen-bond acceptors (Lipinski definition) is 18. The number of nitrogens with one attached hydrogen (secondary N) is 1. The van der Waals surface area contributed by atoms with E-state index in [4.69, 9.17) is 42.7 Å². The van der Waals surface area contributed by atoms with Crippen LogP contribution in [0.4, 0.5) is 5.13 Å². The van der Waals surface area contributed by atoms with Crippen LogP contribution < -0.4 is 24.4 Å². The molecule has 19 heteroatoms. The maximum Gasteiger partial charge on any atom is 0.414 e. The van der Waals surface area contributed by atoms with Gasteiger partial charge in [-0.3, -0.25) is 0 Å². The second-order valence-electron chi connectivity index (χ2n) is 13.4. The molecular weight excluding hydrogens is 903 g/mol. The number of rotatable bonds is 23. The molecule has 0 saturated carbocycles. The van der Waals surface area contributed by atoms with E-state index in [0.717, 1.165) is 27.8 Å². The van der Waals surface area contributed by atoms with Crippen LogP contribution in [0.1, 0.15) is 42.2 Å². The lowest BCUT2D eigenvalue weighted by atomic mass is 10.1. The highest BCUT2D eigenvalue weighted by Crippen LogP contribution is 2.27. The molecule has 18 nitrogen and oxygen atoms in total. The number of hydrazine groups is 1. The van der Waals surface area contributed by atoms with E-state index >= 15 is 0 Å². The summed E-state index contributed by atoms with van der Waals surface area (Å²) in [5.74, 6) is -3.18. The van der Waals surface area contributed by atoms with Crippen LogP contribution >= 0.6 is 11.3 Å². The maximum atomic E-state index is 13.7. The molecule has 0 aliphatic rings. The average Bonchev–Trinajstić information content (AvgIpc) is 3.77. The van der Waals surface area contributed by atoms with Crippen LogP contribution in [0.25, 0.3) is 10.2 Å². The van der Waals surface area contributed by atoms with Gasteiger partial charge in [-0.1, -0.05) is 54.7 Å². The van der Waals surface area contributed by atoms with Crippen LogP contribution in [0.2, 0.25) is 0 Å². The molecule has 0 atom stereocenters. The molecule has 1 aromatic heterocycles. The van der Waals surface area contributed by atoms with Crippen molar-refractivity contribution in [3.05, 3.63) is 181 Å². The van der Waals surface area contributed by atoms with E-state index in [2.05, 4.69) is 30.1 Å². The second kappa shape index (κ2) is 24.3. The highest BCUT2D eigenvalue weighted by Gasteiger charge is 2.23. The zero-order valence-electron chi connectivity index (χ0n) is 35.9. The molecule has 1 heterocycles. The Balaban J connectivity index is 1.24. The molecule has 0 aliphatic heterocycles. The minimum atomic E-state index is -0.821. The molecule has 0 saturated heterocycles. The normalized spacial score (nSPS) is 10.7. The van der Waals surface area contributed by atoms with Crippen LogP contribution in [0.15, 0.2) is 153 Å². The largest absolute Gasteiger partial charge is 0.462 e. The number of aromatic nitrogens is 1. The Hall–Kier alpha value is -9.10. The Kier molecular flexibility index (Phi) is 17.3. The Morgan fingerprint density at radius 1 is 0.588 bits per heavy atom. The summed E-state index contributed by atoms with van der Waals surface area (Å²) in [6.45, 7) is 8.82. The first-order valence-corrected chi connectivity index (χ1v) is 20.9. The van der Waals surface area contributed by atoms with Gasteiger partial charge in [0.05, 0.1) is 39.1 Å². The van der Waals surface area contributed by atoms with E-state index in [1.165, 1.54) is 96.4 Å². The van der Waals surface area contributed by atoms with Gasteiger partial charge in [0.2, 0.25) is 25.5 Å². The zero-order chi connectivity index (χ0) is 48.3. The number of benzene rings is 5. The lowest BCUT2D eigenvalue weighted by molar-refractivity contribution is -0.733. The van der Waals surface area contributed by atoms with Crippen LogP contribution in [-0.2, 0) is 44.6 Å². The Morgan fingerprint density at radius 3 is 1.60 bits per heavy atom. The van der Waals surface area contributed by atoms with Crippen molar-refractivity contribution in [2.24, 2.45) is 0 Å². The number of nitrogens with zero attached hydrogens (tertiary/aromatic N) is 2. The summed E-state index contributed by atoms with van der Waals surface area (Å²) in [7, 11) is 0. The van der Waals surface area contributed by atoms with Gasteiger partial charge in [-0.2, -0.15) is 4.84 Å². The molecule has 0 bridgehead atoms. The fourth-order valence-corrected chi connectivity index (χ4v) is 6.37. The number of ether oxygens (including phenoxy) is 8. The minimum absolute atomic E-state index is 0.0415. The summed E-state index contributed by atoms with van der Waals surface area (Å²) in [5, 5.41) is 0.340. The monoisotopic (exact) mass is 942 g/mol. The number of anilines is 1. The Morgan fingerprint density at radius 2 is 1.09 bits per heavy atom. The first-order chi connectivity index (χ1) is 33.0. The molecule has 1 N–H and O–H groups in total. The maximum absolute atomic E-state index is 13.7. The van der Waals surface area contributed by atoms with Gasteiger partial charge in [0.15, 0.2) is 0 Å². The first-order valence-electron chi connectivity index (χ1n) is 20.1. The summed E-state index contributed by atoms with van der Waals surface area (Å²) < 4.78 is 42.9. The molecule has 68 heavy (non-hydrogen) atoms. The molecule has 0 amide bonds. The number of thiazole rings is 1. The lowest BCUT2D eigenvalue weighted by Crippen LogP contribution is -2.25. The van der Waals surface area contributed by atoms with E-state index in [1.807, 2.05) is 24.3 Å². The number of para-hydroxylation sites is 1. The average molecular weight is 943 g/mol. The summed E-state index contributed by atoms with van der Waals surface area (Å²) in [6.07, 6.45) is 4.57. The first kappa shape index (κ1) is 48.4. The minimum Gasteiger partial charge on any atom is -0.462 e. The summed E-state index contributed by atoms with van der Waals surface area (Å²) in [4.78, 5) is 85.7. The van der Waals surface area contributed by atoms with Crippen molar-refractivity contribution in [3.8, 4) is 23.0 Å². The fourth-order valence-electron chi connectivity index (χ4n) is 5.52. The molecule has 0 spiro atoms. The molecule has 346 valence electrons. The number of esters is 5.